The highest BCUT2D eigenvalue weighted by atomic mass is 19.1. The third-order valence-corrected chi connectivity index (χ3v) is 4.26. The summed E-state index contributed by atoms with van der Waals surface area (Å²) in [6, 6.07) is 5.71. The number of nitrogens with zero attached hydrogens (tertiary/aromatic N) is 2. The number of aromatic nitrogens is 1. The van der Waals surface area contributed by atoms with Crippen LogP contribution >= 0.6 is 0 Å². The van der Waals surface area contributed by atoms with E-state index in [-0.39, 0.29) is 30.6 Å². The number of amides is 1. The summed E-state index contributed by atoms with van der Waals surface area (Å²) >= 11 is 0. The van der Waals surface area contributed by atoms with E-state index in [1.54, 1.807) is 17.0 Å². The number of halogens is 1. The average molecular weight is 332 g/mol. The molecule has 6 nitrogen and oxygen atoms in total. The molecule has 126 valence electrons. The van der Waals surface area contributed by atoms with Gasteiger partial charge in [0.25, 0.3) is 0 Å². The van der Waals surface area contributed by atoms with Crippen molar-refractivity contribution in [3.05, 3.63) is 42.0 Å². The zero-order chi connectivity index (χ0) is 17.3. The van der Waals surface area contributed by atoms with Gasteiger partial charge in [-0.05, 0) is 30.2 Å². The Hall–Kier alpha value is -2.70. The molecule has 2 aromatic rings. The molecule has 0 radical (unpaired) electrons. The number of carboxylic acid groups (broad SMARTS) is 1. The van der Waals surface area contributed by atoms with Crippen LogP contribution in [0.3, 0.4) is 0 Å². The Bertz CT molecular complexity index is 756. The standard InChI is InChI=1S/C17H17FN2O4/c1-10-7-20(8-14(10)17(22)23)15(21)6-13-9-24-16(19-13)11-2-4-12(18)5-3-11/h2-5,9-10,14H,6-8H2,1H3,(H,22,23)/t10-,14-/m1/s1. The van der Waals surface area contributed by atoms with Gasteiger partial charge in [-0.3, -0.25) is 9.59 Å². The van der Waals surface area contributed by atoms with Gasteiger partial charge in [-0.2, -0.15) is 0 Å². The van der Waals surface area contributed by atoms with Crippen LogP contribution in [0.2, 0.25) is 0 Å². The number of aliphatic carboxylic acids is 1. The Morgan fingerprint density at radius 3 is 2.67 bits per heavy atom. The minimum Gasteiger partial charge on any atom is -0.481 e. The molecule has 1 aliphatic rings. The number of carbonyl (C=O) groups excluding carboxylic acids is 1. The van der Waals surface area contributed by atoms with Gasteiger partial charge in [0.2, 0.25) is 11.8 Å². The monoisotopic (exact) mass is 332 g/mol. The third-order valence-electron chi connectivity index (χ3n) is 4.26. The number of oxazole rings is 1. The first-order valence-electron chi connectivity index (χ1n) is 7.65. The fraction of sp³-hybridized carbons (Fsp3) is 0.353. The van der Waals surface area contributed by atoms with Crippen LogP contribution in [0.15, 0.2) is 34.9 Å². The lowest BCUT2D eigenvalue weighted by atomic mass is 9.99. The van der Waals surface area contributed by atoms with E-state index in [1.807, 2.05) is 6.92 Å². The van der Waals surface area contributed by atoms with E-state index in [4.69, 9.17) is 9.52 Å². The Morgan fingerprint density at radius 2 is 2.04 bits per heavy atom. The summed E-state index contributed by atoms with van der Waals surface area (Å²) in [6.45, 7) is 2.48. The Labute approximate surface area is 137 Å². The fourth-order valence-corrected chi connectivity index (χ4v) is 2.87. The van der Waals surface area contributed by atoms with Crippen LogP contribution in [-0.2, 0) is 16.0 Å². The highest BCUT2D eigenvalue weighted by Crippen LogP contribution is 2.24. The maximum Gasteiger partial charge on any atom is 0.308 e. The van der Waals surface area contributed by atoms with Gasteiger partial charge in [0.05, 0.1) is 18.0 Å². The van der Waals surface area contributed by atoms with Crippen LogP contribution in [0.5, 0.6) is 0 Å². The number of carboxylic acids is 1. The van der Waals surface area contributed by atoms with Crippen LogP contribution in [0.25, 0.3) is 11.5 Å². The van der Waals surface area contributed by atoms with Crippen LogP contribution in [-0.4, -0.2) is 40.0 Å². The molecule has 1 aromatic heterocycles. The molecule has 7 heteroatoms. The molecule has 1 fully saturated rings. The van der Waals surface area contributed by atoms with Crippen molar-refractivity contribution in [2.24, 2.45) is 11.8 Å². The second-order valence-electron chi connectivity index (χ2n) is 6.05. The highest BCUT2D eigenvalue weighted by molar-refractivity contribution is 5.80. The molecule has 0 bridgehead atoms. The first kappa shape index (κ1) is 16.2. The Balaban J connectivity index is 1.66. The minimum absolute atomic E-state index is 0.0454. The second-order valence-corrected chi connectivity index (χ2v) is 6.05. The summed E-state index contributed by atoms with van der Waals surface area (Å²) in [5.41, 5.74) is 1.08. The molecular formula is C17H17FN2O4. The summed E-state index contributed by atoms with van der Waals surface area (Å²) in [4.78, 5) is 29.2. The van der Waals surface area contributed by atoms with E-state index in [1.165, 1.54) is 18.4 Å². The molecule has 1 aliphatic heterocycles. The van der Waals surface area contributed by atoms with Gasteiger partial charge in [-0.1, -0.05) is 6.92 Å². The van der Waals surface area contributed by atoms with Crippen molar-refractivity contribution in [3.63, 3.8) is 0 Å². The first-order chi connectivity index (χ1) is 11.4. The predicted octanol–water partition coefficient (Wildman–Crippen LogP) is 2.20. The minimum atomic E-state index is -0.877. The fourth-order valence-electron chi connectivity index (χ4n) is 2.87. The van der Waals surface area contributed by atoms with Crippen LogP contribution in [0, 0.1) is 17.7 Å². The lowest BCUT2D eigenvalue weighted by Crippen LogP contribution is -2.31. The van der Waals surface area contributed by atoms with Gasteiger partial charge in [-0.25, -0.2) is 9.37 Å². The summed E-state index contributed by atoms with van der Waals surface area (Å²) < 4.78 is 18.3. The van der Waals surface area contributed by atoms with Crippen molar-refractivity contribution in [2.75, 3.05) is 13.1 Å². The summed E-state index contributed by atoms with van der Waals surface area (Å²) in [5, 5.41) is 9.13. The first-order valence-corrected chi connectivity index (χ1v) is 7.65. The maximum absolute atomic E-state index is 12.9. The van der Waals surface area contributed by atoms with Gasteiger partial charge in [-0.15, -0.1) is 0 Å². The third kappa shape index (κ3) is 3.29. The molecule has 2 heterocycles. The van der Waals surface area contributed by atoms with Crippen molar-refractivity contribution in [2.45, 2.75) is 13.3 Å². The van der Waals surface area contributed by atoms with Gasteiger partial charge < -0.3 is 14.4 Å². The van der Waals surface area contributed by atoms with Gasteiger partial charge in [0, 0.05) is 18.7 Å². The molecule has 2 atom stereocenters. The molecule has 24 heavy (non-hydrogen) atoms. The van der Waals surface area contributed by atoms with Crippen molar-refractivity contribution in [3.8, 4) is 11.5 Å². The van der Waals surface area contributed by atoms with Crippen molar-refractivity contribution < 1.29 is 23.5 Å². The summed E-state index contributed by atoms with van der Waals surface area (Å²) in [6.07, 6.45) is 1.44. The SMILES string of the molecule is C[C@@H]1CN(C(=O)Cc2coc(-c3ccc(F)cc3)n2)C[C@H]1C(=O)O. The molecule has 1 amide bonds. The van der Waals surface area contributed by atoms with E-state index >= 15 is 0 Å². The second kappa shape index (κ2) is 6.43. The number of benzene rings is 1. The molecule has 0 unspecified atom stereocenters. The van der Waals surface area contributed by atoms with E-state index in [0.29, 0.717) is 23.7 Å². The lowest BCUT2D eigenvalue weighted by molar-refractivity contribution is -0.142. The smallest absolute Gasteiger partial charge is 0.308 e. The largest absolute Gasteiger partial charge is 0.481 e. The van der Waals surface area contributed by atoms with E-state index < -0.39 is 11.9 Å². The number of carbonyl (C=O) groups is 2. The number of hydrogen-bond acceptors (Lipinski definition) is 4. The number of hydrogen-bond donors (Lipinski definition) is 1. The van der Waals surface area contributed by atoms with Crippen molar-refractivity contribution in [1.82, 2.24) is 9.88 Å². The van der Waals surface area contributed by atoms with Crippen LogP contribution < -0.4 is 0 Å². The average Bonchev–Trinajstić information content (AvgIpc) is 3.15. The molecule has 0 aliphatic carbocycles. The van der Waals surface area contributed by atoms with Crippen LogP contribution in [0.1, 0.15) is 12.6 Å². The van der Waals surface area contributed by atoms with Gasteiger partial charge in [0.15, 0.2) is 0 Å². The molecule has 1 aromatic carbocycles. The van der Waals surface area contributed by atoms with E-state index in [2.05, 4.69) is 4.98 Å². The molecule has 1 saturated heterocycles. The van der Waals surface area contributed by atoms with Gasteiger partial charge >= 0.3 is 5.97 Å². The Morgan fingerprint density at radius 1 is 1.33 bits per heavy atom. The number of likely N-dealkylation sites (tertiary alicyclic amines) is 1. The van der Waals surface area contributed by atoms with Crippen LogP contribution in [0.4, 0.5) is 4.39 Å². The van der Waals surface area contributed by atoms with E-state index in [9.17, 15) is 14.0 Å². The molecule has 3 rings (SSSR count). The van der Waals surface area contributed by atoms with Crippen molar-refractivity contribution in [1.29, 1.82) is 0 Å². The van der Waals surface area contributed by atoms with Crippen molar-refractivity contribution >= 4 is 11.9 Å². The Kier molecular flexibility index (Phi) is 4.33. The summed E-state index contributed by atoms with van der Waals surface area (Å²) in [5.74, 6) is -1.69. The van der Waals surface area contributed by atoms with Gasteiger partial charge in [0.1, 0.15) is 12.1 Å². The molecule has 0 spiro atoms. The highest BCUT2D eigenvalue weighted by Gasteiger charge is 2.36. The molecule has 1 N–H and O–H groups in total. The zero-order valence-electron chi connectivity index (χ0n) is 13.1. The van der Waals surface area contributed by atoms with E-state index in [0.717, 1.165) is 0 Å². The normalized spacial score (nSPS) is 20.3. The zero-order valence-corrected chi connectivity index (χ0v) is 13.1. The molecule has 0 saturated carbocycles. The lowest BCUT2D eigenvalue weighted by Gasteiger charge is -2.14. The predicted molar refractivity (Wildman–Crippen MR) is 82.5 cm³/mol. The number of rotatable bonds is 4. The quantitative estimate of drug-likeness (QED) is 0.928. The maximum atomic E-state index is 12.9. The summed E-state index contributed by atoms with van der Waals surface area (Å²) in [7, 11) is 0. The molecular weight excluding hydrogens is 315 g/mol. The topological polar surface area (TPSA) is 83.6 Å².